The number of benzene rings is 1. The molecule has 1 unspecified atom stereocenters. The summed E-state index contributed by atoms with van der Waals surface area (Å²) in [6, 6.07) is 6.47. The summed E-state index contributed by atoms with van der Waals surface area (Å²) in [7, 11) is -6.10. The first-order valence-electron chi connectivity index (χ1n) is 16.5. The number of unbranched alkanes of at least 4 members (excludes halogenated alkanes) is 1. The molecule has 1 aromatic carbocycles. The first-order valence-corrected chi connectivity index (χ1v) is 21.3. The molecule has 282 valence electrons. The van der Waals surface area contributed by atoms with Crippen molar-refractivity contribution in [1.82, 2.24) is 16.0 Å². The number of hydrogen-bond acceptors (Lipinski definition) is 13. The summed E-state index contributed by atoms with van der Waals surface area (Å²) < 4.78 is 57.5. The summed E-state index contributed by atoms with van der Waals surface area (Å²) in [5.41, 5.74) is 4.37. The van der Waals surface area contributed by atoms with Crippen LogP contribution in [-0.2, 0) is 52.3 Å². The highest BCUT2D eigenvalue weighted by Crippen LogP contribution is 2.32. The number of nitrogens with one attached hydrogen (secondary N) is 3. The van der Waals surface area contributed by atoms with Gasteiger partial charge in [-0.3, -0.25) is 14.4 Å². The van der Waals surface area contributed by atoms with Gasteiger partial charge >= 0.3 is 12.1 Å². The molecule has 1 aliphatic heterocycles. The Labute approximate surface area is 295 Å². The molecule has 0 saturated heterocycles. The van der Waals surface area contributed by atoms with Crippen molar-refractivity contribution in [1.29, 1.82) is 0 Å². The minimum absolute atomic E-state index is 0.0584. The van der Waals surface area contributed by atoms with Crippen molar-refractivity contribution in [3.05, 3.63) is 34.7 Å². The standard InChI is InChI=1S/C32H52N4O12SSi/c1-32(30(39)48-50(2,3)4,36-31(40)47-22-26-21-25-9-5-6-10-27(25)49(26,41)42)11-7-8-13-34-28(37)23-46-20-18-44-16-14-35-29(38)24-45-19-17-43-15-12-33/h5-6,9-10,21H,7-8,11-20,22-24,33H2,1-4H3,(H,34,37)(H,35,38)(H,36,40). The summed E-state index contributed by atoms with van der Waals surface area (Å²) >= 11 is 0. The van der Waals surface area contributed by atoms with E-state index in [1.807, 2.05) is 19.6 Å². The van der Waals surface area contributed by atoms with Gasteiger partial charge in [0.1, 0.15) is 25.4 Å². The average molecular weight is 745 g/mol. The molecular weight excluding hydrogens is 693 g/mol. The minimum Gasteiger partial charge on any atom is -0.518 e. The number of ether oxygens (including phenoxy) is 5. The molecule has 1 aliphatic rings. The number of rotatable bonds is 25. The number of amides is 3. The summed E-state index contributed by atoms with van der Waals surface area (Å²) in [5, 5.41) is 7.97. The van der Waals surface area contributed by atoms with Gasteiger partial charge in [0.2, 0.25) is 30.0 Å². The highest BCUT2D eigenvalue weighted by Gasteiger charge is 2.39. The van der Waals surface area contributed by atoms with Crippen LogP contribution in [0.5, 0.6) is 0 Å². The topological polar surface area (TPSA) is 220 Å². The minimum atomic E-state index is -3.77. The molecule has 0 fully saturated rings. The lowest BCUT2D eigenvalue weighted by atomic mass is 9.95. The van der Waals surface area contributed by atoms with Crippen molar-refractivity contribution in [2.24, 2.45) is 5.73 Å². The lowest BCUT2D eigenvalue weighted by Crippen LogP contribution is -2.55. The molecule has 0 saturated carbocycles. The van der Waals surface area contributed by atoms with Gasteiger partial charge in [-0.1, -0.05) is 18.2 Å². The van der Waals surface area contributed by atoms with E-state index in [4.69, 9.17) is 33.8 Å². The van der Waals surface area contributed by atoms with Gasteiger partial charge < -0.3 is 49.8 Å². The normalized spacial score (nSPS) is 14.5. The fraction of sp³-hybridized carbons (Fsp3) is 0.625. The zero-order chi connectivity index (χ0) is 37.0. The van der Waals surface area contributed by atoms with E-state index in [1.165, 1.54) is 19.1 Å². The van der Waals surface area contributed by atoms with Crippen LogP contribution in [0.25, 0.3) is 6.08 Å². The maximum atomic E-state index is 13.1. The van der Waals surface area contributed by atoms with Crippen LogP contribution in [0.4, 0.5) is 4.79 Å². The molecule has 1 heterocycles. The predicted molar refractivity (Wildman–Crippen MR) is 186 cm³/mol. The fourth-order valence-electron chi connectivity index (χ4n) is 4.41. The van der Waals surface area contributed by atoms with Crippen molar-refractivity contribution in [3.63, 3.8) is 0 Å². The van der Waals surface area contributed by atoms with Crippen LogP contribution >= 0.6 is 0 Å². The Hall–Kier alpha value is -3.39. The van der Waals surface area contributed by atoms with Crippen LogP contribution in [0.1, 0.15) is 31.7 Å². The molecule has 2 rings (SSSR count). The first-order chi connectivity index (χ1) is 23.7. The van der Waals surface area contributed by atoms with Gasteiger partial charge in [0.25, 0.3) is 0 Å². The lowest BCUT2D eigenvalue weighted by molar-refractivity contribution is -0.142. The van der Waals surface area contributed by atoms with Crippen molar-refractivity contribution >= 4 is 48.1 Å². The van der Waals surface area contributed by atoms with E-state index in [0.29, 0.717) is 57.9 Å². The maximum Gasteiger partial charge on any atom is 0.408 e. The van der Waals surface area contributed by atoms with E-state index in [0.717, 1.165) is 0 Å². The number of nitrogens with two attached hydrogens (primary N) is 1. The first kappa shape index (κ1) is 42.8. The number of hydrogen-bond donors (Lipinski definition) is 4. The van der Waals surface area contributed by atoms with Crippen LogP contribution < -0.4 is 21.7 Å². The molecule has 0 aromatic heterocycles. The molecule has 50 heavy (non-hydrogen) atoms. The highest BCUT2D eigenvalue weighted by atomic mass is 32.2. The SMILES string of the molecule is CC(CCCCNC(=O)COCCOCCNC(=O)COCCOCCN)(NC(=O)OCC1=Cc2ccccc2S1(=O)=O)C(=O)O[Si](C)(C)C. The summed E-state index contributed by atoms with van der Waals surface area (Å²) in [6.45, 7) is 9.13. The summed E-state index contributed by atoms with van der Waals surface area (Å²) in [5.74, 6) is -1.22. The van der Waals surface area contributed by atoms with Crippen molar-refractivity contribution in [2.45, 2.75) is 56.3 Å². The maximum absolute atomic E-state index is 13.1. The number of carbonyl (C=O) groups excluding carboxylic acids is 4. The molecule has 1 aromatic rings. The lowest BCUT2D eigenvalue weighted by Gasteiger charge is -2.31. The quantitative estimate of drug-likeness (QED) is 0.0816. The molecule has 0 radical (unpaired) electrons. The third-order valence-corrected chi connectivity index (χ3v) is 9.58. The Morgan fingerprint density at radius 1 is 0.820 bits per heavy atom. The van der Waals surface area contributed by atoms with E-state index in [1.54, 1.807) is 18.2 Å². The van der Waals surface area contributed by atoms with Crippen LogP contribution in [0.3, 0.4) is 0 Å². The van der Waals surface area contributed by atoms with Gasteiger partial charge in [-0.25, -0.2) is 13.2 Å². The van der Waals surface area contributed by atoms with E-state index < -0.39 is 42.4 Å². The Balaban J connectivity index is 1.64. The molecule has 18 heteroatoms. The monoisotopic (exact) mass is 744 g/mol. The smallest absolute Gasteiger partial charge is 0.408 e. The Morgan fingerprint density at radius 2 is 1.42 bits per heavy atom. The number of fused-ring (bicyclic) bond motifs is 1. The molecular formula is C32H52N4O12SSi. The van der Waals surface area contributed by atoms with Gasteiger partial charge in [0.05, 0.1) is 49.4 Å². The number of sulfone groups is 1. The predicted octanol–water partition coefficient (Wildman–Crippen LogP) is 1.11. The third-order valence-electron chi connectivity index (χ3n) is 6.91. The zero-order valence-corrected chi connectivity index (χ0v) is 31.2. The molecule has 16 nitrogen and oxygen atoms in total. The second-order valence-electron chi connectivity index (χ2n) is 12.5. The van der Waals surface area contributed by atoms with Crippen LogP contribution in [-0.4, -0.2) is 125 Å². The van der Waals surface area contributed by atoms with E-state index >= 15 is 0 Å². The average Bonchev–Trinajstić information content (AvgIpc) is 3.31. The van der Waals surface area contributed by atoms with Crippen LogP contribution in [0, 0.1) is 0 Å². The van der Waals surface area contributed by atoms with E-state index in [2.05, 4.69) is 16.0 Å². The highest BCUT2D eigenvalue weighted by molar-refractivity contribution is 7.95. The van der Waals surface area contributed by atoms with Gasteiger partial charge in [-0.2, -0.15) is 0 Å². The second-order valence-corrected chi connectivity index (χ2v) is 18.9. The number of carbonyl (C=O) groups is 4. The van der Waals surface area contributed by atoms with Crippen LogP contribution in [0.15, 0.2) is 34.1 Å². The molecule has 0 bridgehead atoms. The molecule has 0 spiro atoms. The molecule has 1 atom stereocenters. The largest absolute Gasteiger partial charge is 0.518 e. The van der Waals surface area contributed by atoms with Crippen molar-refractivity contribution in [2.75, 3.05) is 79.1 Å². The third kappa shape index (κ3) is 16.1. The molecule has 3 amide bonds. The Bertz CT molecular complexity index is 1400. The van der Waals surface area contributed by atoms with Crippen molar-refractivity contribution < 1.29 is 55.7 Å². The Morgan fingerprint density at radius 3 is 2.04 bits per heavy atom. The second kappa shape index (κ2) is 21.7. The zero-order valence-electron chi connectivity index (χ0n) is 29.4. The fourth-order valence-corrected chi connectivity index (χ4v) is 6.66. The van der Waals surface area contributed by atoms with Crippen molar-refractivity contribution in [3.8, 4) is 0 Å². The van der Waals surface area contributed by atoms with E-state index in [-0.39, 0.29) is 61.1 Å². The van der Waals surface area contributed by atoms with Gasteiger partial charge in [-0.15, -0.1) is 0 Å². The molecule has 5 N–H and O–H groups in total. The van der Waals surface area contributed by atoms with E-state index in [9.17, 15) is 27.6 Å². The summed E-state index contributed by atoms with van der Waals surface area (Å²) in [4.78, 5) is 49.8. The Kier molecular flexibility index (Phi) is 18.6. The van der Waals surface area contributed by atoms with Gasteiger partial charge in [0, 0.05) is 19.6 Å². The van der Waals surface area contributed by atoms with Gasteiger partial charge in [-0.05, 0) is 63.5 Å². The summed E-state index contributed by atoms with van der Waals surface area (Å²) in [6.07, 6.45) is 1.60. The molecule has 0 aliphatic carbocycles. The van der Waals surface area contributed by atoms with Crippen LogP contribution in [0.2, 0.25) is 19.6 Å². The van der Waals surface area contributed by atoms with Gasteiger partial charge in [0.15, 0.2) is 0 Å². The number of alkyl carbamates (subject to hydrolysis) is 1.